The Labute approximate surface area is 123 Å². The van der Waals surface area contributed by atoms with Gasteiger partial charge in [-0.25, -0.2) is 13.4 Å². The van der Waals surface area contributed by atoms with Gasteiger partial charge < -0.3 is 10.0 Å². The topological polar surface area (TPSA) is 70.5 Å². The van der Waals surface area contributed by atoms with E-state index in [-0.39, 0.29) is 4.34 Å². The Balaban J connectivity index is 1.72. The molecule has 1 N–H and O–H groups in total. The number of likely N-dealkylation sites (tertiary alicyclic amines) is 1. The number of hydrogen-bond donors (Lipinski definition) is 1. The van der Waals surface area contributed by atoms with Gasteiger partial charge in [0.15, 0.2) is 0 Å². The number of thiazole rings is 1. The van der Waals surface area contributed by atoms with Gasteiger partial charge in [-0.2, -0.15) is 0 Å². The second-order valence-electron chi connectivity index (χ2n) is 5.91. The van der Waals surface area contributed by atoms with Gasteiger partial charge in [-0.05, 0) is 45.2 Å². The number of aromatic nitrogens is 1. The summed E-state index contributed by atoms with van der Waals surface area (Å²) in [6, 6.07) is 0.589. The van der Waals surface area contributed by atoms with Crippen LogP contribution in [0.25, 0.3) is 0 Å². The fourth-order valence-corrected chi connectivity index (χ4v) is 4.95. The molecule has 0 amide bonds. The number of hydrogen-bond acceptors (Lipinski definition) is 6. The first-order chi connectivity index (χ1) is 9.38. The molecule has 0 radical (unpaired) electrons. The summed E-state index contributed by atoms with van der Waals surface area (Å²) in [7, 11) is -3.28. The Morgan fingerprint density at radius 2 is 2.05 bits per heavy atom. The van der Waals surface area contributed by atoms with Crippen molar-refractivity contribution in [3.8, 4) is 0 Å². The fraction of sp³-hybridized carbons (Fsp3) is 0.769. The van der Waals surface area contributed by atoms with Crippen LogP contribution >= 0.6 is 11.3 Å². The third-order valence-corrected chi connectivity index (χ3v) is 7.33. The van der Waals surface area contributed by atoms with Gasteiger partial charge >= 0.3 is 0 Å². The zero-order valence-electron chi connectivity index (χ0n) is 11.6. The number of sulfone groups is 1. The third-order valence-electron chi connectivity index (χ3n) is 4.45. The maximum atomic E-state index is 11.5. The molecule has 0 spiro atoms. The van der Waals surface area contributed by atoms with Crippen molar-refractivity contribution in [3.05, 3.63) is 11.1 Å². The van der Waals surface area contributed by atoms with Gasteiger partial charge in [-0.15, -0.1) is 11.3 Å². The highest BCUT2D eigenvalue weighted by atomic mass is 32.2. The molecule has 1 saturated carbocycles. The first-order valence-electron chi connectivity index (χ1n) is 7.01. The summed E-state index contributed by atoms with van der Waals surface area (Å²) >= 11 is 1.11. The van der Waals surface area contributed by atoms with Gasteiger partial charge in [0, 0.05) is 18.5 Å². The lowest BCUT2D eigenvalue weighted by molar-refractivity contribution is -0.0320. The Hall–Kier alpha value is -0.500. The maximum absolute atomic E-state index is 11.5. The van der Waals surface area contributed by atoms with Gasteiger partial charge in [0.05, 0.1) is 4.88 Å². The van der Waals surface area contributed by atoms with Gasteiger partial charge in [-0.1, -0.05) is 0 Å². The van der Waals surface area contributed by atoms with E-state index in [9.17, 15) is 13.5 Å². The third kappa shape index (κ3) is 2.64. The summed E-state index contributed by atoms with van der Waals surface area (Å²) in [6.07, 6.45) is 7.31. The van der Waals surface area contributed by atoms with Crippen LogP contribution in [-0.4, -0.2) is 48.8 Å². The second-order valence-corrected chi connectivity index (χ2v) is 9.13. The van der Waals surface area contributed by atoms with E-state index in [4.69, 9.17) is 0 Å². The predicted octanol–water partition coefficient (Wildman–Crippen LogP) is 1.38. The molecule has 5 nitrogen and oxygen atoms in total. The van der Waals surface area contributed by atoms with Crippen molar-refractivity contribution in [3.63, 3.8) is 0 Å². The Bertz CT molecular complexity index is 585. The van der Waals surface area contributed by atoms with Crippen molar-refractivity contribution in [2.75, 3.05) is 19.3 Å². The van der Waals surface area contributed by atoms with Gasteiger partial charge in [0.1, 0.15) is 5.60 Å². The van der Waals surface area contributed by atoms with Crippen molar-refractivity contribution >= 4 is 21.2 Å². The van der Waals surface area contributed by atoms with Crippen molar-refractivity contribution in [1.29, 1.82) is 0 Å². The minimum absolute atomic E-state index is 0.103. The average Bonchev–Trinajstić information content (AvgIpc) is 2.79. The molecule has 3 rings (SSSR count). The molecule has 112 valence electrons. The minimum Gasteiger partial charge on any atom is -0.384 e. The molecular formula is C13H20N2O3S2. The number of rotatable bonds is 3. The lowest BCUT2D eigenvalue weighted by Gasteiger charge is -2.44. The summed E-state index contributed by atoms with van der Waals surface area (Å²) in [5.41, 5.74) is -0.887. The molecule has 0 unspecified atom stereocenters. The number of aliphatic hydroxyl groups is 1. The van der Waals surface area contributed by atoms with Gasteiger partial charge in [0.25, 0.3) is 0 Å². The standard InChI is InChI=1S/C13H20N2O3S2/c1-20(17,18)12-14-9-11(19-12)13(16)5-3-10(4-6-13)15-7-2-8-15/h9-10,16H,2-8H2,1H3. The molecule has 0 atom stereocenters. The fourth-order valence-electron chi connectivity index (χ4n) is 3.04. The zero-order chi connectivity index (χ0) is 14.4. The summed E-state index contributed by atoms with van der Waals surface area (Å²) in [5.74, 6) is 0. The van der Waals surface area contributed by atoms with Gasteiger partial charge in [0.2, 0.25) is 14.2 Å². The minimum atomic E-state index is -3.28. The van der Waals surface area contributed by atoms with Crippen molar-refractivity contribution in [2.45, 2.75) is 48.1 Å². The normalized spacial score (nSPS) is 32.0. The second kappa shape index (κ2) is 5.05. The number of nitrogens with zero attached hydrogens (tertiary/aromatic N) is 2. The summed E-state index contributed by atoms with van der Waals surface area (Å²) in [4.78, 5) is 7.12. The maximum Gasteiger partial charge on any atom is 0.209 e. The highest BCUT2D eigenvalue weighted by Gasteiger charge is 2.39. The summed E-state index contributed by atoms with van der Waals surface area (Å²) in [5, 5.41) is 10.8. The molecule has 20 heavy (non-hydrogen) atoms. The molecule has 2 fully saturated rings. The summed E-state index contributed by atoms with van der Waals surface area (Å²) < 4.78 is 23.1. The van der Waals surface area contributed by atoms with Crippen LogP contribution in [-0.2, 0) is 15.4 Å². The molecule has 0 aromatic carbocycles. The highest BCUT2D eigenvalue weighted by Crippen LogP contribution is 2.41. The van der Waals surface area contributed by atoms with Crippen LogP contribution in [0, 0.1) is 0 Å². The first kappa shape index (κ1) is 14.4. The quantitative estimate of drug-likeness (QED) is 0.912. The molecule has 7 heteroatoms. The van der Waals surface area contributed by atoms with E-state index >= 15 is 0 Å². The Morgan fingerprint density at radius 3 is 2.50 bits per heavy atom. The van der Waals surface area contributed by atoms with E-state index in [1.807, 2.05) is 0 Å². The first-order valence-corrected chi connectivity index (χ1v) is 9.72. The Kier molecular flexibility index (Phi) is 3.64. The average molecular weight is 316 g/mol. The van der Waals surface area contributed by atoms with Crippen LogP contribution in [0.1, 0.15) is 37.0 Å². The molecule has 1 aliphatic heterocycles. The monoisotopic (exact) mass is 316 g/mol. The lowest BCUT2D eigenvalue weighted by atomic mass is 9.80. The Morgan fingerprint density at radius 1 is 1.40 bits per heavy atom. The van der Waals surface area contributed by atoms with E-state index in [0.29, 0.717) is 23.8 Å². The molecule has 0 bridgehead atoms. The van der Waals surface area contributed by atoms with Crippen molar-refractivity contribution in [2.24, 2.45) is 0 Å². The van der Waals surface area contributed by atoms with E-state index in [2.05, 4.69) is 9.88 Å². The van der Waals surface area contributed by atoms with Crippen LogP contribution in [0.2, 0.25) is 0 Å². The van der Waals surface area contributed by atoms with Crippen LogP contribution < -0.4 is 0 Å². The molecular weight excluding hydrogens is 296 g/mol. The van der Waals surface area contributed by atoms with E-state index in [1.165, 1.54) is 25.7 Å². The van der Waals surface area contributed by atoms with Crippen LogP contribution in [0.3, 0.4) is 0 Å². The highest BCUT2D eigenvalue weighted by molar-refractivity contribution is 7.92. The van der Waals surface area contributed by atoms with E-state index in [1.54, 1.807) is 0 Å². The lowest BCUT2D eigenvalue weighted by Crippen LogP contribution is -2.48. The largest absolute Gasteiger partial charge is 0.384 e. The molecule has 1 saturated heterocycles. The van der Waals surface area contributed by atoms with Crippen LogP contribution in [0.15, 0.2) is 10.5 Å². The molecule has 1 aromatic heterocycles. The molecule has 1 aliphatic carbocycles. The van der Waals surface area contributed by atoms with Crippen molar-refractivity contribution in [1.82, 2.24) is 9.88 Å². The van der Waals surface area contributed by atoms with E-state index in [0.717, 1.165) is 30.4 Å². The molecule has 1 aromatic rings. The molecule has 2 aliphatic rings. The van der Waals surface area contributed by atoms with Crippen molar-refractivity contribution < 1.29 is 13.5 Å². The smallest absolute Gasteiger partial charge is 0.209 e. The van der Waals surface area contributed by atoms with Crippen LogP contribution in [0.4, 0.5) is 0 Å². The predicted molar refractivity (Wildman–Crippen MR) is 77.6 cm³/mol. The molecule has 2 heterocycles. The van der Waals surface area contributed by atoms with Gasteiger partial charge in [-0.3, -0.25) is 0 Å². The van der Waals surface area contributed by atoms with E-state index < -0.39 is 15.4 Å². The SMILES string of the molecule is CS(=O)(=O)c1ncc(C2(O)CCC(N3CCC3)CC2)s1. The summed E-state index contributed by atoms with van der Waals surface area (Å²) in [6.45, 7) is 2.36. The zero-order valence-corrected chi connectivity index (χ0v) is 13.2. The van der Waals surface area contributed by atoms with Crippen LogP contribution in [0.5, 0.6) is 0 Å².